The Morgan fingerprint density at radius 1 is 0.654 bits per heavy atom. The normalized spacial score (nSPS) is 39.7. The summed E-state index contributed by atoms with van der Waals surface area (Å²) < 4.78 is 34.4. The monoisotopic (exact) mass is 370 g/mol. The molecule has 152 valence electrons. The lowest BCUT2D eigenvalue weighted by Crippen LogP contribution is -2.38. The molecule has 0 bridgehead atoms. The van der Waals surface area contributed by atoms with Gasteiger partial charge < -0.3 is 4.74 Å². The van der Waals surface area contributed by atoms with Crippen molar-refractivity contribution in [3.05, 3.63) is 0 Å². The quantitative estimate of drug-likeness (QED) is 0.468. The van der Waals surface area contributed by atoms with Gasteiger partial charge in [-0.2, -0.15) is 8.78 Å². The lowest BCUT2D eigenvalue weighted by Gasteiger charge is -2.36. The van der Waals surface area contributed by atoms with E-state index in [0.717, 1.165) is 56.3 Å². The SMILES string of the molecule is CC1CCC(CCC2CCC(OC(F)(F)C3CCC(C)CC3)CC2)CC1. The van der Waals surface area contributed by atoms with E-state index in [0.29, 0.717) is 18.8 Å². The summed E-state index contributed by atoms with van der Waals surface area (Å²) in [5, 5.41) is 0. The highest BCUT2D eigenvalue weighted by atomic mass is 19.3. The Morgan fingerprint density at radius 3 is 1.58 bits per heavy atom. The summed E-state index contributed by atoms with van der Waals surface area (Å²) in [6, 6.07) is 0. The minimum absolute atomic E-state index is 0.212. The molecule has 3 aliphatic carbocycles. The van der Waals surface area contributed by atoms with Gasteiger partial charge in [-0.05, 0) is 62.2 Å². The van der Waals surface area contributed by atoms with E-state index in [1.54, 1.807) is 0 Å². The lowest BCUT2D eigenvalue weighted by atomic mass is 9.77. The van der Waals surface area contributed by atoms with Crippen molar-refractivity contribution in [2.45, 2.75) is 116 Å². The van der Waals surface area contributed by atoms with Crippen molar-refractivity contribution in [3.63, 3.8) is 0 Å². The van der Waals surface area contributed by atoms with Gasteiger partial charge in [0.2, 0.25) is 0 Å². The van der Waals surface area contributed by atoms with Gasteiger partial charge in [0.05, 0.1) is 12.0 Å². The number of rotatable bonds is 6. The topological polar surface area (TPSA) is 9.23 Å². The molecule has 3 aliphatic rings. The van der Waals surface area contributed by atoms with Crippen molar-refractivity contribution in [3.8, 4) is 0 Å². The summed E-state index contributed by atoms with van der Waals surface area (Å²) in [5.74, 6) is 2.65. The maximum atomic E-state index is 14.5. The van der Waals surface area contributed by atoms with Crippen LogP contribution in [0.3, 0.4) is 0 Å². The number of hydrogen-bond donors (Lipinski definition) is 0. The van der Waals surface area contributed by atoms with Crippen LogP contribution in [0.5, 0.6) is 0 Å². The molecule has 3 saturated carbocycles. The fourth-order valence-corrected chi connectivity index (χ4v) is 5.54. The molecule has 0 spiro atoms. The zero-order valence-electron chi connectivity index (χ0n) is 17.0. The Labute approximate surface area is 159 Å². The molecule has 0 aromatic heterocycles. The molecule has 1 nitrogen and oxygen atoms in total. The molecule has 0 aromatic carbocycles. The van der Waals surface area contributed by atoms with E-state index in [-0.39, 0.29) is 6.10 Å². The first-order valence-corrected chi connectivity index (χ1v) is 11.5. The van der Waals surface area contributed by atoms with Gasteiger partial charge in [0.25, 0.3) is 0 Å². The smallest absolute Gasteiger partial charge is 0.317 e. The van der Waals surface area contributed by atoms with Gasteiger partial charge in [0.15, 0.2) is 0 Å². The Morgan fingerprint density at radius 2 is 1.08 bits per heavy atom. The lowest BCUT2D eigenvalue weighted by molar-refractivity contribution is -0.301. The van der Waals surface area contributed by atoms with Crippen molar-refractivity contribution in [1.82, 2.24) is 0 Å². The number of alkyl halides is 2. The second-order valence-electron chi connectivity index (χ2n) is 9.98. The van der Waals surface area contributed by atoms with Gasteiger partial charge in [-0.1, -0.05) is 65.2 Å². The summed E-state index contributed by atoms with van der Waals surface area (Å²) in [4.78, 5) is 0. The molecule has 0 aromatic rings. The van der Waals surface area contributed by atoms with Gasteiger partial charge >= 0.3 is 6.11 Å². The summed E-state index contributed by atoms with van der Waals surface area (Å²) >= 11 is 0. The van der Waals surface area contributed by atoms with Gasteiger partial charge in [0.1, 0.15) is 0 Å². The van der Waals surface area contributed by atoms with Crippen LogP contribution >= 0.6 is 0 Å². The molecule has 0 saturated heterocycles. The predicted octanol–water partition coefficient (Wildman–Crippen LogP) is 7.59. The van der Waals surface area contributed by atoms with Gasteiger partial charge in [-0.15, -0.1) is 0 Å². The first kappa shape index (κ1) is 20.6. The number of halogens is 2. The fraction of sp³-hybridized carbons (Fsp3) is 1.00. The minimum Gasteiger partial charge on any atom is -0.317 e. The van der Waals surface area contributed by atoms with Gasteiger partial charge in [-0.25, -0.2) is 0 Å². The molecule has 3 heteroatoms. The molecular weight excluding hydrogens is 330 g/mol. The van der Waals surface area contributed by atoms with Crippen LogP contribution < -0.4 is 0 Å². The van der Waals surface area contributed by atoms with Crippen LogP contribution in [0.25, 0.3) is 0 Å². The highest BCUT2D eigenvalue weighted by molar-refractivity contribution is 4.80. The molecule has 0 heterocycles. The number of ether oxygens (including phenoxy) is 1. The molecule has 0 N–H and O–H groups in total. The Hall–Kier alpha value is -0.180. The van der Waals surface area contributed by atoms with Crippen LogP contribution in [0, 0.1) is 29.6 Å². The van der Waals surface area contributed by atoms with Crippen LogP contribution in [-0.4, -0.2) is 12.2 Å². The molecule has 0 unspecified atom stereocenters. The maximum absolute atomic E-state index is 14.5. The maximum Gasteiger partial charge on any atom is 0.358 e. The van der Waals surface area contributed by atoms with Crippen LogP contribution in [0.4, 0.5) is 8.78 Å². The Balaban J connectivity index is 1.34. The minimum atomic E-state index is -2.91. The van der Waals surface area contributed by atoms with Gasteiger partial charge in [-0.3, -0.25) is 0 Å². The standard InChI is InChI=1S/C23H40F2O/c1-17-3-7-19(8-4-17)9-10-20-11-15-22(16-12-20)26-23(24,25)21-13-5-18(2)6-14-21/h17-22H,3-16H2,1-2H3. The third-order valence-electron chi connectivity index (χ3n) is 7.73. The average Bonchev–Trinajstić information content (AvgIpc) is 2.62. The predicted molar refractivity (Wildman–Crippen MR) is 103 cm³/mol. The molecule has 0 atom stereocenters. The van der Waals surface area contributed by atoms with E-state index in [2.05, 4.69) is 13.8 Å². The fourth-order valence-electron chi connectivity index (χ4n) is 5.54. The Kier molecular flexibility index (Phi) is 7.39. The van der Waals surface area contributed by atoms with E-state index < -0.39 is 12.0 Å². The van der Waals surface area contributed by atoms with Crippen molar-refractivity contribution < 1.29 is 13.5 Å². The molecule has 0 amide bonds. The largest absolute Gasteiger partial charge is 0.358 e. The third-order valence-corrected chi connectivity index (χ3v) is 7.73. The summed E-state index contributed by atoms with van der Waals surface area (Å²) in [6.07, 6.45) is 12.1. The average molecular weight is 371 g/mol. The number of hydrogen-bond acceptors (Lipinski definition) is 1. The highest BCUT2D eigenvalue weighted by Crippen LogP contribution is 2.42. The van der Waals surface area contributed by atoms with E-state index in [1.807, 2.05) is 0 Å². The van der Waals surface area contributed by atoms with Crippen molar-refractivity contribution in [2.75, 3.05) is 0 Å². The third kappa shape index (κ3) is 5.91. The van der Waals surface area contributed by atoms with Crippen molar-refractivity contribution in [1.29, 1.82) is 0 Å². The van der Waals surface area contributed by atoms with E-state index in [4.69, 9.17) is 4.74 Å². The molecular formula is C23H40F2O. The van der Waals surface area contributed by atoms with Crippen molar-refractivity contribution >= 4 is 0 Å². The van der Waals surface area contributed by atoms with E-state index in [1.165, 1.54) is 38.5 Å². The molecule has 3 fully saturated rings. The van der Waals surface area contributed by atoms with Crippen LogP contribution in [-0.2, 0) is 4.74 Å². The highest BCUT2D eigenvalue weighted by Gasteiger charge is 2.44. The summed E-state index contributed by atoms with van der Waals surface area (Å²) in [6.45, 7) is 4.55. The molecule has 0 radical (unpaired) electrons. The second kappa shape index (κ2) is 9.34. The first-order chi connectivity index (χ1) is 12.4. The Bertz CT molecular complexity index is 400. The van der Waals surface area contributed by atoms with Crippen LogP contribution in [0.2, 0.25) is 0 Å². The van der Waals surface area contributed by atoms with Crippen LogP contribution in [0.15, 0.2) is 0 Å². The summed E-state index contributed by atoms with van der Waals surface area (Å²) in [7, 11) is 0. The van der Waals surface area contributed by atoms with E-state index >= 15 is 0 Å². The first-order valence-electron chi connectivity index (χ1n) is 11.5. The molecule has 3 rings (SSSR count). The zero-order valence-corrected chi connectivity index (χ0v) is 17.0. The summed E-state index contributed by atoms with van der Waals surface area (Å²) in [5.41, 5.74) is 0. The van der Waals surface area contributed by atoms with E-state index in [9.17, 15) is 8.78 Å². The zero-order chi connectivity index (χ0) is 18.6. The van der Waals surface area contributed by atoms with Crippen LogP contribution in [0.1, 0.15) is 104 Å². The molecule has 0 aliphatic heterocycles. The van der Waals surface area contributed by atoms with Crippen molar-refractivity contribution in [2.24, 2.45) is 29.6 Å². The van der Waals surface area contributed by atoms with Gasteiger partial charge in [0, 0.05) is 0 Å². The second-order valence-corrected chi connectivity index (χ2v) is 9.98. The molecule has 26 heavy (non-hydrogen) atoms.